The van der Waals surface area contributed by atoms with Crippen LogP contribution in [-0.4, -0.2) is 53.7 Å². The Labute approximate surface area is 173 Å². The molecular weight excluding hydrogens is 364 g/mol. The highest BCUT2D eigenvalue weighted by atomic mass is 16.1. The van der Waals surface area contributed by atoms with Gasteiger partial charge in [-0.05, 0) is 44.7 Å². The van der Waals surface area contributed by atoms with Crippen LogP contribution >= 0.6 is 0 Å². The first-order valence-corrected chi connectivity index (χ1v) is 10.3. The van der Waals surface area contributed by atoms with Gasteiger partial charge in [-0.1, -0.05) is 18.2 Å². The average Bonchev–Trinajstić information content (AvgIpc) is 3.04. The Morgan fingerprint density at radius 3 is 2.52 bits per heavy atom. The first-order valence-electron chi connectivity index (χ1n) is 10.3. The molecular formula is C22H32N6O. The lowest BCUT2D eigenvalue weighted by molar-refractivity contribution is -0.121. The number of nitrogens with one attached hydrogen (secondary N) is 2. The minimum Gasteiger partial charge on any atom is -0.359 e. The lowest BCUT2D eigenvalue weighted by Gasteiger charge is -2.34. The van der Waals surface area contributed by atoms with Crippen LogP contribution in [-0.2, 0) is 11.3 Å². The summed E-state index contributed by atoms with van der Waals surface area (Å²) in [5.41, 5.74) is 4.44. The number of amides is 1. The number of piperidine rings is 1. The number of hydrogen-bond acceptors (Lipinski definition) is 3. The molecule has 0 bridgehead atoms. The van der Waals surface area contributed by atoms with Crippen LogP contribution < -0.4 is 10.6 Å². The standard InChI is InChI=1S/C22H32N6O/c1-16-20(17(2)28(26-16)19-8-6-5-7-9-19)15-25-22(24-4)27-12-10-18(11-13-27)14-21(29)23-3/h5-9,18H,10-15H2,1-4H3,(H,23,29)(H,24,25). The third-order valence-electron chi connectivity index (χ3n) is 5.74. The lowest BCUT2D eigenvalue weighted by atomic mass is 9.93. The molecule has 29 heavy (non-hydrogen) atoms. The van der Waals surface area contributed by atoms with Gasteiger partial charge in [0.15, 0.2) is 5.96 Å². The smallest absolute Gasteiger partial charge is 0.220 e. The maximum absolute atomic E-state index is 11.6. The highest BCUT2D eigenvalue weighted by molar-refractivity contribution is 5.80. The predicted octanol–water partition coefficient (Wildman–Crippen LogP) is 2.41. The fourth-order valence-corrected chi connectivity index (χ4v) is 3.96. The average molecular weight is 397 g/mol. The Bertz CT molecular complexity index is 850. The maximum atomic E-state index is 11.6. The van der Waals surface area contributed by atoms with Crippen molar-refractivity contribution >= 4 is 11.9 Å². The number of likely N-dealkylation sites (tertiary alicyclic amines) is 1. The quantitative estimate of drug-likeness (QED) is 0.601. The molecule has 156 valence electrons. The lowest BCUT2D eigenvalue weighted by Crippen LogP contribution is -2.45. The molecule has 3 rings (SSSR count). The summed E-state index contributed by atoms with van der Waals surface area (Å²) in [6.45, 7) is 6.69. The summed E-state index contributed by atoms with van der Waals surface area (Å²) < 4.78 is 2.00. The maximum Gasteiger partial charge on any atom is 0.220 e. The van der Waals surface area contributed by atoms with E-state index in [-0.39, 0.29) is 5.91 Å². The molecule has 2 heterocycles. The van der Waals surface area contributed by atoms with Crippen molar-refractivity contribution in [3.05, 3.63) is 47.3 Å². The van der Waals surface area contributed by atoms with Gasteiger partial charge in [0.2, 0.25) is 5.91 Å². The minimum atomic E-state index is 0.132. The van der Waals surface area contributed by atoms with Crippen molar-refractivity contribution in [2.24, 2.45) is 10.9 Å². The van der Waals surface area contributed by atoms with Gasteiger partial charge in [0.25, 0.3) is 0 Å². The van der Waals surface area contributed by atoms with Gasteiger partial charge in [-0.25, -0.2) is 4.68 Å². The van der Waals surface area contributed by atoms with Crippen LogP contribution in [0.1, 0.15) is 36.2 Å². The van der Waals surface area contributed by atoms with Gasteiger partial charge < -0.3 is 15.5 Å². The summed E-state index contributed by atoms with van der Waals surface area (Å²) >= 11 is 0. The number of rotatable bonds is 5. The molecule has 1 aliphatic heterocycles. The van der Waals surface area contributed by atoms with Crippen molar-refractivity contribution < 1.29 is 4.79 Å². The van der Waals surface area contributed by atoms with E-state index in [4.69, 9.17) is 5.10 Å². The van der Waals surface area contributed by atoms with E-state index in [9.17, 15) is 4.79 Å². The number of nitrogens with zero attached hydrogens (tertiary/aromatic N) is 4. The van der Waals surface area contributed by atoms with Gasteiger partial charge >= 0.3 is 0 Å². The first-order chi connectivity index (χ1) is 14.0. The molecule has 2 N–H and O–H groups in total. The summed E-state index contributed by atoms with van der Waals surface area (Å²) in [7, 11) is 3.53. The van der Waals surface area contributed by atoms with Crippen molar-refractivity contribution in [1.82, 2.24) is 25.3 Å². The first kappa shape index (κ1) is 20.9. The van der Waals surface area contributed by atoms with Crippen LogP contribution in [0.2, 0.25) is 0 Å². The zero-order chi connectivity index (χ0) is 20.8. The third kappa shape index (κ3) is 4.96. The van der Waals surface area contributed by atoms with Crippen molar-refractivity contribution in [3.8, 4) is 5.69 Å². The van der Waals surface area contributed by atoms with E-state index >= 15 is 0 Å². The zero-order valence-electron chi connectivity index (χ0n) is 17.9. The monoisotopic (exact) mass is 396 g/mol. The number of carbonyl (C=O) groups is 1. The molecule has 1 aliphatic rings. The molecule has 0 atom stereocenters. The number of benzene rings is 1. The summed E-state index contributed by atoms with van der Waals surface area (Å²) in [5, 5.41) is 11.0. The van der Waals surface area contributed by atoms with Gasteiger partial charge in [0.1, 0.15) is 0 Å². The molecule has 2 aromatic rings. The minimum absolute atomic E-state index is 0.132. The molecule has 1 saturated heterocycles. The van der Waals surface area contributed by atoms with Crippen LogP contribution in [0.4, 0.5) is 0 Å². The molecule has 1 aromatic heterocycles. The number of hydrogen-bond donors (Lipinski definition) is 2. The molecule has 0 radical (unpaired) electrons. The van der Waals surface area contributed by atoms with Crippen molar-refractivity contribution in [3.63, 3.8) is 0 Å². The molecule has 0 unspecified atom stereocenters. The molecule has 0 aliphatic carbocycles. The van der Waals surface area contributed by atoms with Gasteiger partial charge in [-0.15, -0.1) is 0 Å². The van der Waals surface area contributed by atoms with Crippen molar-refractivity contribution in [1.29, 1.82) is 0 Å². The number of aliphatic imine (C=N–C) groups is 1. The second-order valence-electron chi connectivity index (χ2n) is 7.61. The number of aromatic nitrogens is 2. The molecule has 1 aromatic carbocycles. The topological polar surface area (TPSA) is 74.5 Å². The summed E-state index contributed by atoms with van der Waals surface area (Å²) in [6, 6.07) is 10.2. The van der Waals surface area contributed by atoms with E-state index < -0.39 is 0 Å². The summed E-state index contributed by atoms with van der Waals surface area (Å²) in [5.74, 6) is 1.50. The molecule has 7 heteroatoms. The van der Waals surface area contributed by atoms with E-state index in [1.165, 1.54) is 5.56 Å². The number of guanidine groups is 1. The van der Waals surface area contributed by atoms with Crippen LogP contribution in [0.25, 0.3) is 5.69 Å². The van der Waals surface area contributed by atoms with Crippen LogP contribution in [0.3, 0.4) is 0 Å². The van der Waals surface area contributed by atoms with Crippen LogP contribution in [0.15, 0.2) is 35.3 Å². The Kier molecular flexibility index (Phi) is 6.90. The SMILES string of the molecule is CN=C(NCc1c(C)nn(-c2ccccc2)c1C)N1CCC(CC(=O)NC)CC1. The van der Waals surface area contributed by atoms with Crippen molar-refractivity contribution in [2.45, 2.75) is 39.7 Å². The van der Waals surface area contributed by atoms with E-state index in [2.05, 4.69) is 46.5 Å². The summed E-state index contributed by atoms with van der Waals surface area (Å²) in [4.78, 5) is 18.4. The third-order valence-corrected chi connectivity index (χ3v) is 5.74. The number of para-hydroxylation sites is 1. The summed E-state index contributed by atoms with van der Waals surface area (Å²) in [6.07, 6.45) is 2.64. The van der Waals surface area contributed by atoms with E-state index in [0.717, 1.165) is 49.0 Å². The number of aryl methyl sites for hydroxylation is 1. The van der Waals surface area contributed by atoms with E-state index in [1.807, 2.05) is 29.9 Å². The Morgan fingerprint density at radius 2 is 1.90 bits per heavy atom. The highest BCUT2D eigenvalue weighted by Gasteiger charge is 2.23. The Balaban J connectivity index is 1.61. The predicted molar refractivity (Wildman–Crippen MR) is 116 cm³/mol. The van der Waals surface area contributed by atoms with E-state index in [1.54, 1.807) is 7.05 Å². The highest BCUT2D eigenvalue weighted by Crippen LogP contribution is 2.21. The van der Waals surface area contributed by atoms with Crippen molar-refractivity contribution in [2.75, 3.05) is 27.2 Å². The fraction of sp³-hybridized carbons (Fsp3) is 0.500. The van der Waals surface area contributed by atoms with Crippen LogP contribution in [0.5, 0.6) is 0 Å². The fourth-order valence-electron chi connectivity index (χ4n) is 3.96. The normalized spacial score (nSPS) is 15.4. The van der Waals surface area contributed by atoms with Gasteiger partial charge in [-0.2, -0.15) is 5.10 Å². The van der Waals surface area contributed by atoms with Gasteiger partial charge in [-0.3, -0.25) is 9.79 Å². The van der Waals surface area contributed by atoms with Crippen LogP contribution in [0, 0.1) is 19.8 Å². The second kappa shape index (κ2) is 9.58. The van der Waals surface area contributed by atoms with Gasteiger partial charge in [0, 0.05) is 51.4 Å². The Hall–Kier alpha value is -2.83. The van der Waals surface area contributed by atoms with E-state index in [0.29, 0.717) is 18.9 Å². The number of carbonyl (C=O) groups excluding carboxylic acids is 1. The largest absolute Gasteiger partial charge is 0.359 e. The molecule has 7 nitrogen and oxygen atoms in total. The second-order valence-corrected chi connectivity index (χ2v) is 7.61. The zero-order valence-corrected chi connectivity index (χ0v) is 17.9. The van der Waals surface area contributed by atoms with Gasteiger partial charge in [0.05, 0.1) is 11.4 Å². The molecule has 1 amide bonds. The molecule has 1 fully saturated rings. The molecule has 0 saturated carbocycles. The molecule has 0 spiro atoms. The Morgan fingerprint density at radius 1 is 1.21 bits per heavy atom.